The van der Waals surface area contributed by atoms with E-state index in [0.29, 0.717) is 0 Å². The quantitative estimate of drug-likeness (QED) is 0.906. The van der Waals surface area contributed by atoms with Gasteiger partial charge in [-0.3, -0.25) is 0 Å². The molecule has 0 aliphatic heterocycles. The molecular formula is C18H21NO2. The van der Waals surface area contributed by atoms with Crippen LogP contribution in [0.25, 0.3) is 0 Å². The predicted octanol–water partition coefficient (Wildman–Crippen LogP) is 3.14. The van der Waals surface area contributed by atoms with E-state index in [0.717, 1.165) is 30.6 Å². The SMILES string of the molecule is N[C@H]1CCCc2ccc(OCC(O)c3ccccc3)cc21. The molecule has 3 heteroatoms. The maximum Gasteiger partial charge on any atom is 0.119 e. The molecule has 0 radical (unpaired) electrons. The number of ether oxygens (including phenoxy) is 1. The number of hydrogen-bond acceptors (Lipinski definition) is 3. The van der Waals surface area contributed by atoms with Crippen LogP contribution in [-0.4, -0.2) is 11.7 Å². The molecule has 0 saturated carbocycles. The highest BCUT2D eigenvalue weighted by atomic mass is 16.5. The van der Waals surface area contributed by atoms with E-state index in [1.54, 1.807) is 0 Å². The summed E-state index contributed by atoms with van der Waals surface area (Å²) in [4.78, 5) is 0. The Balaban J connectivity index is 1.67. The highest BCUT2D eigenvalue weighted by Gasteiger charge is 2.17. The fourth-order valence-corrected chi connectivity index (χ4v) is 2.85. The Morgan fingerprint density at radius 1 is 1.19 bits per heavy atom. The third kappa shape index (κ3) is 3.26. The molecule has 110 valence electrons. The smallest absolute Gasteiger partial charge is 0.119 e. The van der Waals surface area contributed by atoms with E-state index in [4.69, 9.17) is 10.5 Å². The van der Waals surface area contributed by atoms with Crippen molar-refractivity contribution in [2.24, 2.45) is 5.73 Å². The van der Waals surface area contributed by atoms with Crippen molar-refractivity contribution in [1.29, 1.82) is 0 Å². The second-order valence-corrected chi connectivity index (χ2v) is 5.60. The minimum absolute atomic E-state index is 0.108. The number of rotatable bonds is 4. The molecule has 3 rings (SSSR count). The van der Waals surface area contributed by atoms with E-state index in [2.05, 4.69) is 6.07 Å². The maximum atomic E-state index is 10.1. The Morgan fingerprint density at radius 3 is 2.81 bits per heavy atom. The molecule has 0 amide bonds. The van der Waals surface area contributed by atoms with Gasteiger partial charge in [-0.25, -0.2) is 0 Å². The average Bonchev–Trinajstić information content (AvgIpc) is 2.54. The van der Waals surface area contributed by atoms with Crippen molar-refractivity contribution in [3.05, 3.63) is 65.2 Å². The van der Waals surface area contributed by atoms with Crippen molar-refractivity contribution in [2.45, 2.75) is 31.4 Å². The van der Waals surface area contributed by atoms with Crippen LogP contribution < -0.4 is 10.5 Å². The van der Waals surface area contributed by atoms with Crippen molar-refractivity contribution in [3.8, 4) is 5.75 Å². The van der Waals surface area contributed by atoms with E-state index in [9.17, 15) is 5.11 Å². The van der Waals surface area contributed by atoms with Gasteiger partial charge in [-0.1, -0.05) is 36.4 Å². The molecule has 0 fully saturated rings. The molecule has 0 spiro atoms. The summed E-state index contributed by atoms with van der Waals surface area (Å²) < 4.78 is 5.73. The zero-order valence-corrected chi connectivity index (χ0v) is 12.0. The molecule has 21 heavy (non-hydrogen) atoms. The summed E-state index contributed by atoms with van der Waals surface area (Å²) in [5.41, 5.74) is 9.54. The molecule has 0 heterocycles. The monoisotopic (exact) mass is 283 g/mol. The van der Waals surface area contributed by atoms with Crippen LogP contribution in [0.1, 0.15) is 41.7 Å². The van der Waals surface area contributed by atoms with Crippen LogP contribution in [0.2, 0.25) is 0 Å². The van der Waals surface area contributed by atoms with Crippen molar-refractivity contribution < 1.29 is 9.84 Å². The summed E-state index contributed by atoms with van der Waals surface area (Å²) in [6.07, 6.45) is 2.66. The normalized spacial score (nSPS) is 18.9. The number of nitrogens with two attached hydrogens (primary N) is 1. The highest BCUT2D eigenvalue weighted by molar-refractivity contribution is 5.39. The summed E-state index contributed by atoms with van der Waals surface area (Å²) in [6.45, 7) is 0.248. The molecule has 0 bridgehead atoms. The van der Waals surface area contributed by atoms with Gasteiger partial charge in [0.15, 0.2) is 0 Å². The van der Waals surface area contributed by atoms with Gasteiger partial charge in [0.2, 0.25) is 0 Å². The molecule has 1 aliphatic rings. The fraction of sp³-hybridized carbons (Fsp3) is 0.333. The summed E-state index contributed by atoms with van der Waals surface area (Å²) in [7, 11) is 0. The molecule has 2 atom stereocenters. The first-order valence-corrected chi connectivity index (χ1v) is 7.48. The minimum Gasteiger partial charge on any atom is -0.491 e. The lowest BCUT2D eigenvalue weighted by molar-refractivity contribution is 0.108. The second-order valence-electron chi connectivity index (χ2n) is 5.60. The van der Waals surface area contributed by atoms with E-state index in [1.165, 1.54) is 11.1 Å². The largest absolute Gasteiger partial charge is 0.491 e. The van der Waals surface area contributed by atoms with Gasteiger partial charge in [-0.2, -0.15) is 0 Å². The molecule has 2 aromatic rings. The lowest BCUT2D eigenvalue weighted by Crippen LogP contribution is -2.17. The summed E-state index contributed by atoms with van der Waals surface area (Å²) >= 11 is 0. The van der Waals surface area contributed by atoms with Crippen molar-refractivity contribution in [1.82, 2.24) is 0 Å². The Bertz CT molecular complexity index is 597. The van der Waals surface area contributed by atoms with Gasteiger partial charge >= 0.3 is 0 Å². The van der Waals surface area contributed by atoms with Gasteiger partial charge < -0.3 is 15.6 Å². The Labute approximate surface area is 125 Å². The van der Waals surface area contributed by atoms with Crippen LogP contribution >= 0.6 is 0 Å². The number of aryl methyl sites for hydroxylation is 1. The van der Waals surface area contributed by atoms with E-state index >= 15 is 0 Å². The summed E-state index contributed by atoms with van der Waals surface area (Å²) in [5, 5.41) is 10.1. The predicted molar refractivity (Wildman–Crippen MR) is 83.2 cm³/mol. The number of aliphatic hydroxyl groups is 1. The number of hydrogen-bond donors (Lipinski definition) is 2. The van der Waals surface area contributed by atoms with Gasteiger partial charge in [0.25, 0.3) is 0 Å². The summed E-state index contributed by atoms with van der Waals surface area (Å²) in [6, 6.07) is 15.8. The van der Waals surface area contributed by atoms with E-state index < -0.39 is 6.10 Å². The maximum absolute atomic E-state index is 10.1. The third-order valence-corrected chi connectivity index (χ3v) is 4.07. The van der Waals surface area contributed by atoms with Crippen molar-refractivity contribution in [2.75, 3.05) is 6.61 Å². The number of benzene rings is 2. The molecule has 2 aromatic carbocycles. The van der Waals surface area contributed by atoms with Crippen molar-refractivity contribution >= 4 is 0 Å². The molecule has 1 unspecified atom stereocenters. The van der Waals surface area contributed by atoms with Crippen LogP contribution in [0.5, 0.6) is 5.75 Å². The highest BCUT2D eigenvalue weighted by Crippen LogP contribution is 2.31. The van der Waals surface area contributed by atoms with E-state index in [1.807, 2.05) is 42.5 Å². The van der Waals surface area contributed by atoms with Gasteiger partial charge in [0.1, 0.15) is 18.5 Å². The summed E-state index contributed by atoms with van der Waals surface area (Å²) in [5.74, 6) is 0.779. The van der Waals surface area contributed by atoms with Gasteiger partial charge in [-0.05, 0) is 48.1 Å². The van der Waals surface area contributed by atoms with Gasteiger partial charge in [-0.15, -0.1) is 0 Å². The lowest BCUT2D eigenvalue weighted by atomic mass is 9.88. The van der Waals surface area contributed by atoms with Crippen molar-refractivity contribution in [3.63, 3.8) is 0 Å². The zero-order chi connectivity index (χ0) is 14.7. The Morgan fingerprint density at radius 2 is 2.00 bits per heavy atom. The van der Waals surface area contributed by atoms with Crippen LogP contribution in [-0.2, 0) is 6.42 Å². The molecule has 3 nitrogen and oxygen atoms in total. The first kappa shape index (κ1) is 14.1. The lowest BCUT2D eigenvalue weighted by Gasteiger charge is -2.23. The average molecular weight is 283 g/mol. The number of aliphatic hydroxyl groups excluding tert-OH is 1. The molecular weight excluding hydrogens is 262 g/mol. The van der Waals surface area contributed by atoms with Crippen LogP contribution in [0.15, 0.2) is 48.5 Å². The van der Waals surface area contributed by atoms with Gasteiger partial charge in [0, 0.05) is 6.04 Å². The van der Waals surface area contributed by atoms with E-state index in [-0.39, 0.29) is 12.6 Å². The number of fused-ring (bicyclic) bond motifs is 1. The molecule has 0 saturated heterocycles. The van der Waals surface area contributed by atoms with Gasteiger partial charge in [0.05, 0.1) is 0 Å². The van der Waals surface area contributed by atoms with Crippen LogP contribution in [0.4, 0.5) is 0 Å². The topological polar surface area (TPSA) is 55.5 Å². The Hall–Kier alpha value is -1.84. The zero-order valence-electron chi connectivity index (χ0n) is 12.0. The van der Waals surface area contributed by atoms with Crippen LogP contribution in [0.3, 0.4) is 0 Å². The molecule has 0 aromatic heterocycles. The fourth-order valence-electron chi connectivity index (χ4n) is 2.85. The Kier molecular flexibility index (Phi) is 4.23. The second kappa shape index (κ2) is 6.29. The molecule has 1 aliphatic carbocycles. The first-order valence-electron chi connectivity index (χ1n) is 7.48. The van der Waals surface area contributed by atoms with Crippen LogP contribution in [0, 0.1) is 0 Å². The minimum atomic E-state index is -0.615. The third-order valence-electron chi connectivity index (χ3n) is 4.07. The standard InChI is InChI=1S/C18H21NO2/c19-17-8-4-7-13-9-10-15(11-16(13)17)21-12-18(20)14-5-2-1-3-6-14/h1-3,5-6,9-11,17-18,20H,4,7-8,12,19H2/t17-,18?/m0/s1. The first-order chi connectivity index (χ1) is 10.2. The molecule has 3 N–H and O–H groups in total.